The van der Waals surface area contributed by atoms with E-state index in [4.69, 9.17) is 5.73 Å². The van der Waals surface area contributed by atoms with Gasteiger partial charge in [0.2, 0.25) is 5.91 Å². The van der Waals surface area contributed by atoms with Gasteiger partial charge in [0.25, 0.3) is 5.56 Å². The molecule has 0 spiro atoms. The average Bonchev–Trinajstić information content (AvgIpc) is 2.75. The number of aryl methyl sites for hydroxylation is 1. The summed E-state index contributed by atoms with van der Waals surface area (Å²) in [4.78, 5) is 31.4. The van der Waals surface area contributed by atoms with Crippen LogP contribution in [-0.2, 0) is 17.8 Å². The Hall–Kier alpha value is -3.19. The average molecular weight is 406 g/mol. The smallest absolute Gasteiger partial charge is 0.261 e. The first-order valence-corrected chi connectivity index (χ1v) is 10.2. The van der Waals surface area contributed by atoms with Crippen LogP contribution in [0.3, 0.4) is 0 Å². The monoisotopic (exact) mass is 406 g/mol. The minimum atomic E-state index is -1.04. The van der Waals surface area contributed by atoms with E-state index in [1.807, 2.05) is 35.2 Å². The van der Waals surface area contributed by atoms with Crippen molar-refractivity contribution < 1.29 is 9.90 Å². The van der Waals surface area contributed by atoms with Crippen molar-refractivity contribution in [1.82, 2.24) is 14.5 Å². The van der Waals surface area contributed by atoms with Gasteiger partial charge in [0.15, 0.2) is 0 Å². The molecule has 1 aliphatic heterocycles. The summed E-state index contributed by atoms with van der Waals surface area (Å²) in [5.74, 6) is 0.100. The summed E-state index contributed by atoms with van der Waals surface area (Å²) >= 11 is 0. The van der Waals surface area contributed by atoms with E-state index in [2.05, 4.69) is 4.98 Å². The zero-order chi connectivity index (χ0) is 21.1. The molecule has 2 heterocycles. The molecule has 4 rings (SSSR count). The van der Waals surface area contributed by atoms with Gasteiger partial charge < -0.3 is 15.7 Å². The molecule has 7 nitrogen and oxygen atoms in total. The van der Waals surface area contributed by atoms with Gasteiger partial charge in [0.1, 0.15) is 0 Å². The van der Waals surface area contributed by atoms with Crippen molar-refractivity contribution in [1.29, 1.82) is 0 Å². The Morgan fingerprint density at radius 3 is 2.60 bits per heavy atom. The number of amides is 1. The lowest BCUT2D eigenvalue weighted by molar-refractivity contribution is -0.135. The van der Waals surface area contributed by atoms with Gasteiger partial charge in [-0.05, 0) is 43.0 Å². The van der Waals surface area contributed by atoms with E-state index >= 15 is 0 Å². The number of nitrogen functional groups attached to an aromatic ring is 1. The number of hydrogen-bond acceptors (Lipinski definition) is 5. The number of piperidine rings is 1. The lowest BCUT2D eigenvalue weighted by Gasteiger charge is -2.38. The fraction of sp³-hybridized carbons (Fsp3) is 0.348. The fourth-order valence-corrected chi connectivity index (χ4v) is 3.99. The molecule has 156 valence electrons. The first-order chi connectivity index (χ1) is 14.4. The molecule has 1 amide bonds. The molecule has 2 aromatic carbocycles. The molecule has 0 unspecified atom stereocenters. The fourth-order valence-electron chi connectivity index (χ4n) is 3.99. The molecule has 3 aromatic rings. The molecule has 0 saturated carbocycles. The standard InChI is InChI=1S/C23H26N4O3/c24-18-7-8-19-20(14-18)25-16-27(22(19)29)15-23(30)10-12-26(13-11-23)21(28)9-6-17-4-2-1-3-5-17/h1-5,7-8,14,16,30H,6,9-13,15,24H2. The van der Waals surface area contributed by atoms with Gasteiger partial charge in [-0.1, -0.05) is 30.3 Å². The van der Waals surface area contributed by atoms with Crippen LogP contribution in [0.4, 0.5) is 5.69 Å². The summed E-state index contributed by atoms with van der Waals surface area (Å²) in [7, 11) is 0. The highest BCUT2D eigenvalue weighted by Crippen LogP contribution is 2.24. The number of nitrogens with zero attached hydrogens (tertiary/aromatic N) is 3. The Morgan fingerprint density at radius 2 is 1.87 bits per heavy atom. The van der Waals surface area contributed by atoms with E-state index < -0.39 is 5.60 Å². The van der Waals surface area contributed by atoms with Crippen LogP contribution in [0, 0.1) is 0 Å². The van der Waals surface area contributed by atoms with E-state index in [0.717, 1.165) is 5.56 Å². The summed E-state index contributed by atoms with van der Waals surface area (Å²) in [6.07, 6.45) is 3.48. The third-order valence-corrected chi connectivity index (χ3v) is 5.83. The molecule has 0 atom stereocenters. The maximum atomic E-state index is 12.8. The van der Waals surface area contributed by atoms with Gasteiger partial charge >= 0.3 is 0 Å². The Balaban J connectivity index is 1.37. The second kappa shape index (κ2) is 8.28. The number of benzene rings is 2. The Morgan fingerprint density at radius 1 is 1.13 bits per heavy atom. The van der Waals surface area contributed by atoms with Crippen LogP contribution in [0.25, 0.3) is 10.9 Å². The SMILES string of the molecule is Nc1ccc2c(=O)n(CC3(O)CCN(C(=O)CCc4ccccc4)CC3)cnc2c1. The predicted molar refractivity (Wildman–Crippen MR) is 116 cm³/mol. The van der Waals surface area contributed by atoms with Crippen molar-refractivity contribution in [3.05, 3.63) is 70.8 Å². The molecule has 3 N–H and O–H groups in total. The molecule has 1 saturated heterocycles. The quantitative estimate of drug-likeness (QED) is 0.631. The second-order valence-electron chi connectivity index (χ2n) is 8.04. The van der Waals surface area contributed by atoms with Crippen LogP contribution < -0.4 is 11.3 Å². The number of carbonyl (C=O) groups excluding carboxylic acids is 1. The highest BCUT2D eigenvalue weighted by atomic mass is 16.3. The second-order valence-corrected chi connectivity index (χ2v) is 8.04. The molecule has 0 radical (unpaired) electrons. The van der Waals surface area contributed by atoms with Gasteiger partial charge in [0.05, 0.1) is 29.4 Å². The molecule has 1 aliphatic rings. The zero-order valence-electron chi connectivity index (χ0n) is 16.8. The Labute approximate surface area is 174 Å². The zero-order valence-corrected chi connectivity index (χ0v) is 16.8. The van der Waals surface area contributed by atoms with Crippen LogP contribution >= 0.6 is 0 Å². The summed E-state index contributed by atoms with van der Waals surface area (Å²) in [6.45, 7) is 1.12. The van der Waals surface area contributed by atoms with Crippen molar-refractivity contribution >= 4 is 22.5 Å². The number of fused-ring (bicyclic) bond motifs is 1. The molecule has 1 fully saturated rings. The number of carbonyl (C=O) groups is 1. The van der Waals surface area contributed by atoms with Gasteiger partial charge in [-0.2, -0.15) is 0 Å². The maximum Gasteiger partial charge on any atom is 0.261 e. The van der Waals surface area contributed by atoms with E-state index in [0.29, 0.717) is 55.4 Å². The molecular formula is C23H26N4O3. The Kier molecular flexibility index (Phi) is 5.55. The minimum absolute atomic E-state index is 0.100. The van der Waals surface area contributed by atoms with Crippen molar-refractivity contribution in [3.63, 3.8) is 0 Å². The van der Waals surface area contributed by atoms with Crippen molar-refractivity contribution in [3.8, 4) is 0 Å². The molecule has 30 heavy (non-hydrogen) atoms. The van der Waals surface area contributed by atoms with Gasteiger partial charge in [0, 0.05) is 25.2 Å². The maximum absolute atomic E-state index is 12.8. The van der Waals surface area contributed by atoms with Gasteiger partial charge in [-0.3, -0.25) is 14.2 Å². The summed E-state index contributed by atoms with van der Waals surface area (Å²) in [5.41, 5.74) is 6.75. The number of nitrogens with two attached hydrogens (primary N) is 1. The number of aliphatic hydroxyl groups is 1. The highest BCUT2D eigenvalue weighted by molar-refractivity contribution is 5.80. The minimum Gasteiger partial charge on any atom is -0.399 e. The molecule has 7 heteroatoms. The van der Waals surface area contributed by atoms with Crippen LogP contribution in [0.15, 0.2) is 59.7 Å². The van der Waals surface area contributed by atoms with Crippen LogP contribution in [0.1, 0.15) is 24.8 Å². The third-order valence-electron chi connectivity index (χ3n) is 5.83. The number of hydrogen-bond donors (Lipinski definition) is 2. The molecule has 0 aliphatic carbocycles. The third kappa shape index (κ3) is 4.36. The topological polar surface area (TPSA) is 101 Å². The van der Waals surface area contributed by atoms with Crippen molar-refractivity contribution in [2.75, 3.05) is 18.8 Å². The summed E-state index contributed by atoms with van der Waals surface area (Å²) in [6, 6.07) is 14.9. The van der Waals surface area contributed by atoms with Crippen molar-refractivity contribution in [2.45, 2.75) is 37.8 Å². The lowest BCUT2D eigenvalue weighted by atomic mass is 9.91. The number of rotatable bonds is 5. The first-order valence-electron chi connectivity index (χ1n) is 10.2. The molecule has 1 aromatic heterocycles. The van der Waals surface area contributed by atoms with E-state index in [1.165, 1.54) is 10.9 Å². The van der Waals surface area contributed by atoms with E-state index in [1.54, 1.807) is 18.2 Å². The summed E-state index contributed by atoms with van der Waals surface area (Å²) < 4.78 is 1.45. The lowest BCUT2D eigenvalue weighted by Crippen LogP contribution is -2.49. The molecule has 0 bridgehead atoms. The van der Waals surface area contributed by atoms with Crippen LogP contribution in [0.2, 0.25) is 0 Å². The highest BCUT2D eigenvalue weighted by Gasteiger charge is 2.34. The Bertz CT molecular complexity index is 1100. The van der Waals surface area contributed by atoms with Gasteiger partial charge in [-0.15, -0.1) is 0 Å². The van der Waals surface area contributed by atoms with Gasteiger partial charge in [-0.25, -0.2) is 4.98 Å². The normalized spacial score (nSPS) is 16.0. The first kappa shape index (κ1) is 20.1. The number of anilines is 1. The van der Waals surface area contributed by atoms with Crippen molar-refractivity contribution in [2.24, 2.45) is 0 Å². The largest absolute Gasteiger partial charge is 0.399 e. The molecular weight excluding hydrogens is 380 g/mol. The predicted octanol–water partition coefficient (Wildman–Crippen LogP) is 1.96. The number of likely N-dealkylation sites (tertiary alicyclic amines) is 1. The number of aromatic nitrogens is 2. The summed E-state index contributed by atoms with van der Waals surface area (Å²) in [5, 5.41) is 11.5. The van der Waals surface area contributed by atoms with Crippen LogP contribution in [-0.4, -0.2) is 44.2 Å². The van der Waals surface area contributed by atoms with Crippen LogP contribution in [0.5, 0.6) is 0 Å². The van der Waals surface area contributed by atoms with E-state index in [9.17, 15) is 14.7 Å². The van der Waals surface area contributed by atoms with E-state index in [-0.39, 0.29) is 18.0 Å².